The van der Waals surface area contributed by atoms with Gasteiger partial charge in [-0.3, -0.25) is 4.79 Å². The van der Waals surface area contributed by atoms with Crippen molar-refractivity contribution < 1.29 is 4.79 Å². The maximum absolute atomic E-state index is 12.7. The lowest BCUT2D eigenvalue weighted by Crippen LogP contribution is -2.29. The number of carbonyl (C=O) groups is 1. The molecule has 23 heavy (non-hydrogen) atoms. The first-order valence-corrected chi connectivity index (χ1v) is 8.31. The Balaban J connectivity index is 1.93. The van der Waals surface area contributed by atoms with Crippen molar-refractivity contribution in [1.82, 2.24) is 10.3 Å². The molecule has 2 aromatic carbocycles. The van der Waals surface area contributed by atoms with Gasteiger partial charge >= 0.3 is 0 Å². The number of hydrogen-bond donors (Lipinski definition) is 1. The van der Waals surface area contributed by atoms with Gasteiger partial charge in [0, 0.05) is 0 Å². The molecule has 1 amide bonds. The summed E-state index contributed by atoms with van der Waals surface area (Å²) in [5.74, 6) is -0.0780. The minimum Gasteiger partial charge on any atom is -0.340 e. The minimum absolute atomic E-state index is 0.0780. The number of amides is 1. The minimum atomic E-state index is -0.174. The monoisotopic (exact) mass is 322 g/mol. The van der Waals surface area contributed by atoms with Gasteiger partial charge in [-0.2, -0.15) is 0 Å². The van der Waals surface area contributed by atoms with Crippen molar-refractivity contribution in [1.29, 1.82) is 0 Å². The molecular formula is C19H18N2OS. The third-order valence-corrected chi connectivity index (χ3v) is 4.72. The first-order valence-electron chi connectivity index (χ1n) is 7.50. The molecule has 0 fully saturated rings. The Labute approximate surface area is 140 Å². The van der Waals surface area contributed by atoms with Crippen molar-refractivity contribution in [3.8, 4) is 0 Å². The molecule has 3 rings (SSSR count). The molecular weight excluding hydrogens is 304 g/mol. The second kappa shape index (κ2) is 6.75. The van der Waals surface area contributed by atoms with E-state index in [4.69, 9.17) is 0 Å². The van der Waals surface area contributed by atoms with Gasteiger partial charge in [-0.1, -0.05) is 60.7 Å². The number of hydrogen-bond acceptors (Lipinski definition) is 3. The summed E-state index contributed by atoms with van der Waals surface area (Å²) in [6.45, 7) is 3.79. The van der Waals surface area contributed by atoms with Gasteiger partial charge in [-0.05, 0) is 25.0 Å². The molecule has 0 radical (unpaired) electrons. The highest BCUT2D eigenvalue weighted by Gasteiger charge is 2.20. The summed E-state index contributed by atoms with van der Waals surface area (Å²) in [5.41, 5.74) is 2.90. The quantitative estimate of drug-likeness (QED) is 0.779. The highest BCUT2D eigenvalue weighted by atomic mass is 32.1. The van der Waals surface area contributed by atoms with Gasteiger partial charge in [0.25, 0.3) is 5.91 Å². The van der Waals surface area contributed by atoms with E-state index >= 15 is 0 Å². The van der Waals surface area contributed by atoms with Gasteiger partial charge in [-0.15, -0.1) is 11.3 Å². The van der Waals surface area contributed by atoms with Gasteiger partial charge in [0.05, 0.1) is 16.7 Å². The van der Waals surface area contributed by atoms with Crippen LogP contribution in [0.1, 0.15) is 37.5 Å². The number of nitrogens with one attached hydrogen (secondary N) is 1. The van der Waals surface area contributed by atoms with Crippen LogP contribution in [-0.4, -0.2) is 10.9 Å². The Kier molecular flexibility index (Phi) is 4.53. The molecule has 0 unspecified atom stereocenters. The third kappa shape index (κ3) is 3.48. The maximum Gasteiger partial charge on any atom is 0.264 e. The molecule has 0 spiro atoms. The normalized spacial score (nSPS) is 10.7. The molecule has 0 saturated heterocycles. The molecule has 0 bridgehead atoms. The highest BCUT2D eigenvalue weighted by Crippen LogP contribution is 2.24. The number of nitrogens with zero attached hydrogens (tertiary/aromatic N) is 1. The molecule has 116 valence electrons. The average molecular weight is 322 g/mol. The first-order chi connectivity index (χ1) is 11.1. The molecule has 0 aliphatic heterocycles. The molecule has 0 aliphatic carbocycles. The van der Waals surface area contributed by atoms with E-state index in [1.807, 2.05) is 74.5 Å². The van der Waals surface area contributed by atoms with E-state index in [1.54, 1.807) is 0 Å². The largest absolute Gasteiger partial charge is 0.340 e. The lowest BCUT2D eigenvalue weighted by atomic mass is 9.98. The molecule has 4 heteroatoms. The van der Waals surface area contributed by atoms with Crippen LogP contribution < -0.4 is 5.32 Å². The van der Waals surface area contributed by atoms with Gasteiger partial charge in [0.1, 0.15) is 4.88 Å². The summed E-state index contributed by atoms with van der Waals surface area (Å²) in [6, 6.07) is 19.8. The predicted octanol–water partition coefficient (Wildman–Crippen LogP) is 4.28. The molecule has 3 aromatic rings. The Morgan fingerprint density at radius 2 is 1.48 bits per heavy atom. The zero-order valence-electron chi connectivity index (χ0n) is 13.1. The topological polar surface area (TPSA) is 42.0 Å². The van der Waals surface area contributed by atoms with E-state index in [0.29, 0.717) is 4.88 Å². The zero-order valence-corrected chi connectivity index (χ0v) is 13.9. The first kappa shape index (κ1) is 15.4. The van der Waals surface area contributed by atoms with E-state index in [2.05, 4.69) is 10.3 Å². The number of aryl methyl sites for hydroxylation is 2. The summed E-state index contributed by atoms with van der Waals surface area (Å²) in [5, 5.41) is 4.06. The second-order valence-corrected chi connectivity index (χ2v) is 6.58. The number of rotatable bonds is 4. The highest BCUT2D eigenvalue weighted by molar-refractivity contribution is 7.13. The van der Waals surface area contributed by atoms with Crippen LogP contribution >= 0.6 is 11.3 Å². The summed E-state index contributed by atoms with van der Waals surface area (Å²) in [7, 11) is 0. The van der Waals surface area contributed by atoms with Crippen LogP contribution in [0.5, 0.6) is 0 Å². The zero-order chi connectivity index (χ0) is 16.2. The van der Waals surface area contributed by atoms with Crippen molar-refractivity contribution in [2.45, 2.75) is 19.9 Å². The van der Waals surface area contributed by atoms with Crippen molar-refractivity contribution >= 4 is 17.2 Å². The van der Waals surface area contributed by atoms with Crippen molar-refractivity contribution in [3.05, 3.63) is 87.4 Å². The molecule has 0 aliphatic rings. The summed E-state index contributed by atoms with van der Waals surface area (Å²) in [6.07, 6.45) is 0. The molecule has 1 N–H and O–H groups in total. The SMILES string of the molecule is Cc1nc(C)c(C(=O)NC(c2ccccc2)c2ccccc2)s1. The fraction of sp³-hybridized carbons (Fsp3) is 0.158. The maximum atomic E-state index is 12.7. The number of carbonyl (C=O) groups excluding carboxylic acids is 1. The Hall–Kier alpha value is -2.46. The van der Waals surface area contributed by atoms with Gasteiger partial charge in [0.15, 0.2) is 0 Å². The molecule has 0 saturated carbocycles. The van der Waals surface area contributed by atoms with E-state index in [-0.39, 0.29) is 11.9 Å². The Morgan fingerprint density at radius 1 is 0.957 bits per heavy atom. The summed E-state index contributed by atoms with van der Waals surface area (Å²) >= 11 is 1.43. The van der Waals surface area contributed by atoms with E-state index in [1.165, 1.54) is 11.3 Å². The second-order valence-electron chi connectivity index (χ2n) is 5.38. The van der Waals surface area contributed by atoms with Gasteiger partial charge < -0.3 is 5.32 Å². The third-order valence-electron chi connectivity index (χ3n) is 3.65. The summed E-state index contributed by atoms with van der Waals surface area (Å²) in [4.78, 5) is 17.7. The van der Waals surface area contributed by atoms with Crippen LogP contribution in [0.3, 0.4) is 0 Å². The lowest BCUT2D eigenvalue weighted by molar-refractivity contribution is 0.0946. The van der Waals surface area contributed by atoms with Crippen LogP contribution in [-0.2, 0) is 0 Å². The van der Waals surface area contributed by atoms with Crippen LogP contribution in [0, 0.1) is 13.8 Å². The van der Waals surface area contributed by atoms with Crippen LogP contribution in [0.25, 0.3) is 0 Å². The van der Waals surface area contributed by atoms with Crippen molar-refractivity contribution in [2.75, 3.05) is 0 Å². The van der Waals surface area contributed by atoms with Gasteiger partial charge in [0.2, 0.25) is 0 Å². The van der Waals surface area contributed by atoms with Crippen LogP contribution in [0.2, 0.25) is 0 Å². The molecule has 1 heterocycles. The fourth-order valence-corrected chi connectivity index (χ4v) is 3.41. The van der Waals surface area contributed by atoms with E-state index < -0.39 is 0 Å². The Bertz CT molecular complexity index is 757. The predicted molar refractivity (Wildman–Crippen MR) is 93.8 cm³/mol. The Morgan fingerprint density at radius 3 is 1.91 bits per heavy atom. The summed E-state index contributed by atoms with van der Waals surface area (Å²) < 4.78 is 0. The molecule has 0 atom stereocenters. The smallest absolute Gasteiger partial charge is 0.264 e. The molecule has 1 aromatic heterocycles. The fourth-order valence-electron chi connectivity index (χ4n) is 2.59. The lowest BCUT2D eigenvalue weighted by Gasteiger charge is -2.19. The van der Waals surface area contributed by atoms with Crippen LogP contribution in [0.4, 0.5) is 0 Å². The standard InChI is InChI=1S/C19H18N2OS/c1-13-18(23-14(2)20-13)19(22)21-17(15-9-5-3-6-10-15)16-11-7-4-8-12-16/h3-12,17H,1-2H3,(H,21,22). The van der Waals surface area contributed by atoms with E-state index in [0.717, 1.165) is 21.8 Å². The number of aromatic nitrogens is 1. The van der Waals surface area contributed by atoms with Crippen molar-refractivity contribution in [2.24, 2.45) is 0 Å². The van der Waals surface area contributed by atoms with Crippen LogP contribution in [0.15, 0.2) is 60.7 Å². The van der Waals surface area contributed by atoms with Crippen molar-refractivity contribution in [3.63, 3.8) is 0 Å². The number of benzene rings is 2. The van der Waals surface area contributed by atoms with Gasteiger partial charge in [-0.25, -0.2) is 4.98 Å². The average Bonchev–Trinajstić information content (AvgIpc) is 2.92. The molecule has 3 nitrogen and oxygen atoms in total. The van der Waals surface area contributed by atoms with E-state index in [9.17, 15) is 4.79 Å². The number of thiazole rings is 1.